The first kappa shape index (κ1) is 12.7. The third-order valence-corrected chi connectivity index (χ3v) is 3.43. The van der Waals surface area contributed by atoms with Crippen molar-refractivity contribution in [3.05, 3.63) is 0 Å². The summed E-state index contributed by atoms with van der Waals surface area (Å²) in [6.07, 6.45) is 7.41. The molecule has 0 radical (unpaired) electrons. The molecule has 1 rings (SSSR count). The third-order valence-electron chi connectivity index (χ3n) is 3.43. The highest BCUT2D eigenvalue weighted by molar-refractivity contribution is 5.78. The van der Waals surface area contributed by atoms with Crippen LogP contribution in [0.15, 0.2) is 0 Å². The molecule has 0 aliphatic heterocycles. The van der Waals surface area contributed by atoms with Crippen LogP contribution in [0, 0.1) is 11.3 Å². The van der Waals surface area contributed by atoms with Gasteiger partial charge in [-0.05, 0) is 37.1 Å². The topological polar surface area (TPSA) is 43.1 Å². The van der Waals surface area contributed by atoms with E-state index < -0.39 is 0 Å². The van der Waals surface area contributed by atoms with Crippen LogP contribution in [-0.2, 0) is 4.79 Å². The predicted molar refractivity (Wildman–Crippen MR) is 63.7 cm³/mol. The van der Waals surface area contributed by atoms with Gasteiger partial charge in [-0.1, -0.05) is 26.7 Å². The Balaban J connectivity index is 2.08. The van der Waals surface area contributed by atoms with Crippen molar-refractivity contribution >= 4 is 5.78 Å². The van der Waals surface area contributed by atoms with Gasteiger partial charge in [-0.3, -0.25) is 4.79 Å². The van der Waals surface area contributed by atoms with E-state index in [2.05, 4.69) is 13.8 Å². The molecule has 88 valence electrons. The first-order chi connectivity index (χ1) is 7.03. The fourth-order valence-corrected chi connectivity index (χ4v) is 1.89. The van der Waals surface area contributed by atoms with Crippen molar-refractivity contribution < 1.29 is 4.79 Å². The minimum atomic E-state index is 0.240. The monoisotopic (exact) mass is 211 g/mol. The first-order valence-electron chi connectivity index (χ1n) is 6.25. The van der Waals surface area contributed by atoms with E-state index >= 15 is 0 Å². The van der Waals surface area contributed by atoms with E-state index in [1.54, 1.807) is 0 Å². The largest absolute Gasteiger partial charge is 0.330 e. The Kier molecular flexibility index (Phi) is 4.78. The second-order valence-electron chi connectivity index (χ2n) is 5.72. The van der Waals surface area contributed by atoms with Crippen LogP contribution in [0.5, 0.6) is 0 Å². The molecular formula is C13H25NO. The smallest absolute Gasteiger partial charge is 0.132 e. The molecule has 0 aromatic rings. The maximum absolute atomic E-state index is 11.6. The van der Waals surface area contributed by atoms with Crippen molar-refractivity contribution in [1.29, 1.82) is 0 Å². The molecule has 2 nitrogen and oxygen atoms in total. The highest BCUT2D eigenvalue weighted by Crippen LogP contribution is 2.34. The SMILES string of the molecule is CC(C)(CCN)CCC(=O)CCC1CC1. The standard InChI is InChI=1S/C13H25NO/c1-13(2,9-10-14)8-7-12(15)6-5-11-3-4-11/h11H,3-10,14H2,1-2H3. The number of Topliss-reactive ketones (excluding diaryl/α,β-unsaturated/α-hetero) is 1. The van der Waals surface area contributed by atoms with E-state index in [0.29, 0.717) is 5.78 Å². The van der Waals surface area contributed by atoms with Crippen molar-refractivity contribution in [1.82, 2.24) is 0 Å². The zero-order chi connectivity index (χ0) is 11.3. The Labute approximate surface area is 93.6 Å². The van der Waals surface area contributed by atoms with Gasteiger partial charge in [-0.15, -0.1) is 0 Å². The molecule has 0 bridgehead atoms. The zero-order valence-electron chi connectivity index (χ0n) is 10.2. The summed E-state index contributed by atoms with van der Waals surface area (Å²) in [6, 6.07) is 0. The molecule has 15 heavy (non-hydrogen) atoms. The summed E-state index contributed by atoms with van der Waals surface area (Å²) in [7, 11) is 0. The van der Waals surface area contributed by atoms with E-state index in [4.69, 9.17) is 5.73 Å². The van der Waals surface area contributed by atoms with Crippen LogP contribution in [-0.4, -0.2) is 12.3 Å². The van der Waals surface area contributed by atoms with Crippen LogP contribution in [0.25, 0.3) is 0 Å². The Bertz CT molecular complexity index is 207. The lowest BCUT2D eigenvalue weighted by Gasteiger charge is -2.23. The molecule has 1 aliphatic rings. The molecule has 2 N–H and O–H groups in total. The molecule has 1 saturated carbocycles. The average Bonchev–Trinajstić information content (AvgIpc) is 2.95. The third kappa shape index (κ3) is 5.93. The Hall–Kier alpha value is -0.370. The fraction of sp³-hybridized carbons (Fsp3) is 0.923. The molecule has 0 heterocycles. The Morgan fingerprint density at radius 2 is 1.93 bits per heavy atom. The summed E-state index contributed by atoms with van der Waals surface area (Å²) in [5.41, 5.74) is 5.78. The van der Waals surface area contributed by atoms with Gasteiger partial charge in [0.05, 0.1) is 0 Å². The fourth-order valence-electron chi connectivity index (χ4n) is 1.89. The van der Waals surface area contributed by atoms with Crippen LogP contribution >= 0.6 is 0 Å². The number of carbonyl (C=O) groups is 1. The minimum absolute atomic E-state index is 0.240. The number of carbonyl (C=O) groups excluding carboxylic acids is 1. The maximum Gasteiger partial charge on any atom is 0.132 e. The number of ketones is 1. The Morgan fingerprint density at radius 1 is 1.27 bits per heavy atom. The average molecular weight is 211 g/mol. The van der Waals surface area contributed by atoms with E-state index in [1.165, 1.54) is 12.8 Å². The van der Waals surface area contributed by atoms with E-state index in [9.17, 15) is 4.79 Å². The van der Waals surface area contributed by atoms with Crippen LogP contribution in [0.4, 0.5) is 0 Å². The highest BCUT2D eigenvalue weighted by atomic mass is 16.1. The van der Waals surface area contributed by atoms with Gasteiger partial charge in [0.2, 0.25) is 0 Å². The van der Waals surface area contributed by atoms with Gasteiger partial charge < -0.3 is 5.73 Å². The molecular weight excluding hydrogens is 186 g/mol. The second-order valence-corrected chi connectivity index (χ2v) is 5.72. The van der Waals surface area contributed by atoms with Gasteiger partial charge in [0.15, 0.2) is 0 Å². The van der Waals surface area contributed by atoms with Gasteiger partial charge in [0.1, 0.15) is 5.78 Å². The summed E-state index contributed by atoms with van der Waals surface area (Å²) in [4.78, 5) is 11.6. The normalized spacial score (nSPS) is 16.7. The molecule has 0 aromatic heterocycles. The second kappa shape index (κ2) is 5.64. The number of hydrogen-bond donors (Lipinski definition) is 1. The van der Waals surface area contributed by atoms with Gasteiger partial charge in [-0.2, -0.15) is 0 Å². The van der Waals surface area contributed by atoms with Crippen LogP contribution in [0.2, 0.25) is 0 Å². The molecule has 1 aliphatic carbocycles. The lowest BCUT2D eigenvalue weighted by molar-refractivity contribution is -0.119. The summed E-state index contributed by atoms with van der Waals surface area (Å²) < 4.78 is 0. The molecule has 0 saturated heterocycles. The summed E-state index contributed by atoms with van der Waals surface area (Å²) >= 11 is 0. The van der Waals surface area contributed by atoms with E-state index in [0.717, 1.165) is 44.6 Å². The van der Waals surface area contributed by atoms with Gasteiger partial charge in [0.25, 0.3) is 0 Å². The zero-order valence-corrected chi connectivity index (χ0v) is 10.2. The maximum atomic E-state index is 11.6. The van der Waals surface area contributed by atoms with Crippen molar-refractivity contribution in [2.45, 2.75) is 58.8 Å². The number of hydrogen-bond acceptors (Lipinski definition) is 2. The predicted octanol–water partition coefficient (Wildman–Crippen LogP) is 2.90. The summed E-state index contributed by atoms with van der Waals surface area (Å²) in [5.74, 6) is 1.33. The van der Waals surface area contributed by atoms with Crippen molar-refractivity contribution in [2.24, 2.45) is 17.1 Å². The molecule has 0 spiro atoms. The lowest BCUT2D eigenvalue weighted by Crippen LogP contribution is -2.18. The van der Waals surface area contributed by atoms with Crippen LogP contribution in [0.3, 0.4) is 0 Å². The van der Waals surface area contributed by atoms with Crippen molar-refractivity contribution in [3.63, 3.8) is 0 Å². The molecule has 0 aromatic carbocycles. The molecule has 0 amide bonds. The van der Waals surface area contributed by atoms with Gasteiger partial charge >= 0.3 is 0 Å². The summed E-state index contributed by atoms with van der Waals surface area (Å²) in [6.45, 7) is 5.13. The Morgan fingerprint density at radius 3 is 2.47 bits per heavy atom. The van der Waals surface area contributed by atoms with Gasteiger partial charge in [0, 0.05) is 12.8 Å². The van der Waals surface area contributed by atoms with Crippen LogP contribution < -0.4 is 5.73 Å². The summed E-state index contributed by atoms with van der Waals surface area (Å²) in [5, 5.41) is 0. The van der Waals surface area contributed by atoms with E-state index in [1.807, 2.05) is 0 Å². The van der Waals surface area contributed by atoms with E-state index in [-0.39, 0.29) is 5.41 Å². The number of rotatable bonds is 8. The van der Waals surface area contributed by atoms with Crippen LogP contribution in [0.1, 0.15) is 58.8 Å². The molecule has 1 fully saturated rings. The highest BCUT2D eigenvalue weighted by Gasteiger charge is 2.23. The van der Waals surface area contributed by atoms with Crippen molar-refractivity contribution in [2.75, 3.05) is 6.54 Å². The first-order valence-corrected chi connectivity index (χ1v) is 6.25. The lowest BCUT2D eigenvalue weighted by atomic mass is 9.83. The van der Waals surface area contributed by atoms with Crippen molar-refractivity contribution in [3.8, 4) is 0 Å². The quantitative estimate of drug-likeness (QED) is 0.671. The number of nitrogens with two attached hydrogens (primary N) is 1. The molecule has 0 atom stereocenters. The van der Waals surface area contributed by atoms with Gasteiger partial charge in [-0.25, -0.2) is 0 Å². The molecule has 2 heteroatoms. The molecule has 0 unspecified atom stereocenters. The minimum Gasteiger partial charge on any atom is -0.330 e.